The van der Waals surface area contributed by atoms with E-state index in [9.17, 15) is 19.5 Å². The van der Waals surface area contributed by atoms with Crippen molar-refractivity contribution in [2.45, 2.75) is 178 Å². The van der Waals surface area contributed by atoms with Gasteiger partial charge in [0.05, 0.1) is 30.9 Å². The van der Waals surface area contributed by atoms with Gasteiger partial charge in [0.25, 0.3) is 0 Å². The third kappa shape index (κ3) is 17.8. The Morgan fingerprint density at radius 1 is 0.541 bits per heavy atom. The minimum Gasteiger partial charge on any atom is -0.459 e. The first-order valence-corrected chi connectivity index (χ1v) is 27.1. The fourth-order valence-electron chi connectivity index (χ4n) is 9.99. The van der Waals surface area contributed by atoms with Crippen LogP contribution in [-0.4, -0.2) is 83.6 Å². The van der Waals surface area contributed by atoms with Gasteiger partial charge in [-0.3, -0.25) is 4.90 Å². The maximum absolute atomic E-state index is 14.8. The molecule has 7 rings (SSSR count). The Balaban J connectivity index is 1.16. The van der Waals surface area contributed by atoms with Gasteiger partial charge in [0, 0.05) is 6.54 Å². The lowest BCUT2D eigenvalue weighted by Gasteiger charge is -2.45. The second kappa shape index (κ2) is 31.0. The molecule has 0 aromatic heterocycles. The number of rotatable bonds is 31. The highest BCUT2D eigenvalue weighted by molar-refractivity contribution is 5.89. The quantitative estimate of drug-likeness (QED) is 0.0258. The molecule has 8 atom stereocenters. The first kappa shape index (κ1) is 55.7. The number of benzene rings is 5. The lowest BCUT2D eigenvalue weighted by Crippen LogP contribution is -2.61. The number of nitrogens with zero attached hydrogens (tertiary/aromatic N) is 1. The minimum atomic E-state index is -1.28. The van der Waals surface area contributed by atoms with Crippen LogP contribution >= 0.6 is 0 Å². The number of carbonyl (C=O) groups excluding carboxylic acids is 3. The molecule has 2 aliphatic rings. The number of esters is 1. The average molecular weight is 1010 g/mol. The summed E-state index contributed by atoms with van der Waals surface area (Å²) in [5, 5.41) is 12.2. The van der Waals surface area contributed by atoms with Crippen LogP contribution in [0.3, 0.4) is 0 Å². The van der Waals surface area contributed by atoms with Crippen LogP contribution in [-0.2, 0) is 59.5 Å². The summed E-state index contributed by atoms with van der Waals surface area (Å²) in [6.07, 6.45) is 7.64. The smallest absolute Gasteiger partial charge is 0.459 e. The van der Waals surface area contributed by atoms with Crippen LogP contribution in [0.25, 0.3) is 0 Å². The van der Waals surface area contributed by atoms with Crippen LogP contribution in [0.2, 0.25) is 0 Å². The zero-order valence-corrected chi connectivity index (χ0v) is 43.2. The molecule has 0 aliphatic carbocycles. The van der Waals surface area contributed by atoms with Gasteiger partial charge in [0.15, 0.2) is 6.10 Å². The Morgan fingerprint density at radius 3 is 1.58 bits per heavy atom. The summed E-state index contributed by atoms with van der Waals surface area (Å²) in [5.74, 6) is -0.560. The van der Waals surface area contributed by atoms with Gasteiger partial charge in [-0.05, 0) is 60.1 Å². The highest BCUT2D eigenvalue weighted by Crippen LogP contribution is 2.35. The molecule has 1 amide bonds. The molecule has 0 radical (unpaired) electrons. The lowest BCUT2D eigenvalue weighted by atomic mass is 9.88. The van der Waals surface area contributed by atoms with Crippen LogP contribution in [0, 0.1) is 0 Å². The van der Waals surface area contributed by atoms with Crippen molar-refractivity contribution in [3.05, 3.63) is 179 Å². The number of aliphatic hydroxyl groups excluding tert-OH is 1. The minimum absolute atomic E-state index is 0.0315. The number of hydrogen-bond acceptors (Lipinski definition) is 11. The number of unbranched alkanes of at least 4 members (excludes halogenated alkanes) is 11. The van der Waals surface area contributed by atoms with E-state index in [1.807, 2.05) is 127 Å². The van der Waals surface area contributed by atoms with E-state index in [1.54, 1.807) is 29.2 Å². The van der Waals surface area contributed by atoms with Crippen LogP contribution in [0.15, 0.2) is 152 Å². The number of aliphatic hydroxyl groups is 1. The zero-order valence-electron chi connectivity index (χ0n) is 43.2. The SMILES string of the molecule is CCCCCCCCCCCCCCC1OC(=O)O[C@H]1[C@H](CC[C@H]1OC(COC(=O)c2ccccc2)[C@H](O)[C@@H](OCc2ccccc2)C1OCc1ccccc1)N(Cc1ccccc1)C(=O)OCc1ccccc1. The Morgan fingerprint density at radius 2 is 1.03 bits per heavy atom. The predicted octanol–water partition coefficient (Wildman–Crippen LogP) is 13.1. The van der Waals surface area contributed by atoms with Gasteiger partial charge in [0.2, 0.25) is 0 Å². The number of hydrogen-bond donors (Lipinski definition) is 1. The maximum atomic E-state index is 14.8. The summed E-state index contributed by atoms with van der Waals surface area (Å²) >= 11 is 0. The van der Waals surface area contributed by atoms with Crippen molar-refractivity contribution in [3.8, 4) is 0 Å². The number of amides is 1. The van der Waals surface area contributed by atoms with E-state index < -0.39 is 67.0 Å². The van der Waals surface area contributed by atoms with Gasteiger partial charge in [-0.15, -0.1) is 0 Å². The molecule has 0 bridgehead atoms. The summed E-state index contributed by atoms with van der Waals surface area (Å²) in [4.78, 5) is 43.1. The van der Waals surface area contributed by atoms with Gasteiger partial charge >= 0.3 is 18.2 Å². The number of carbonyl (C=O) groups is 3. The monoisotopic (exact) mass is 1010 g/mol. The van der Waals surface area contributed by atoms with E-state index in [-0.39, 0.29) is 45.8 Å². The molecule has 2 heterocycles. The standard InChI is InChI=1S/C62H77NO11/c1-2-3-4-5-6-7-8-9-10-11-12-28-39-53-57(74-62(67)73-53)52(63(42-47-29-18-13-19-30-47)61(66)71-45-50-35-24-16-25-36-50)40-41-54-58(68-43-48-31-20-14-21-32-48)59(69-44-49-33-22-15-23-34-49)56(64)55(72-54)46-70-60(65)51-37-26-17-27-38-51/h13-27,29-38,52-59,64H,2-12,28,39-46H2,1H3/t52-,53?,54+,55?,56-,57-,58?,59+/m0/s1. The summed E-state index contributed by atoms with van der Waals surface area (Å²) in [5.41, 5.74) is 3.84. The normalized spacial score (nSPS) is 20.8. The molecule has 396 valence electrons. The van der Waals surface area contributed by atoms with Gasteiger partial charge < -0.3 is 38.3 Å². The second-order valence-electron chi connectivity index (χ2n) is 19.7. The van der Waals surface area contributed by atoms with Crippen molar-refractivity contribution in [2.24, 2.45) is 0 Å². The molecular formula is C62H77NO11. The van der Waals surface area contributed by atoms with Crippen molar-refractivity contribution in [2.75, 3.05) is 6.61 Å². The summed E-state index contributed by atoms with van der Waals surface area (Å²) in [7, 11) is 0. The van der Waals surface area contributed by atoms with Crippen LogP contribution in [0.4, 0.5) is 9.59 Å². The van der Waals surface area contributed by atoms with E-state index >= 15 is 0 Å². The van der Waals surface area contributed by atoms with Crippen molar-refractivity contribution in [3.63, 3.8) is 0 Å². The highest BCUT2D eigenvalue weighted by atomic mass is 16.8. The van der Waals surface area contributed by atoms with Crippen LogP contribution in [0.5, 0.6) is 0 Å². The van der Waals surface area contributed by atoms with Gasteiger partial charge in [0.1, 0.15) is 43.7 Å². The molecule has 3 unspecified atom stereocenters. The highest BCUT2D eigenvalue weighted by Gasteiger charge is 2.50. The lowest BCUT2D eigenvalue weighted by molar-refractivity contribution is -0.259. The molecule has 1 N–H and O–H groups in total. The average Bonchev–Trinajstić information content (AvgIpc) is 3.81. The Labute approximate surface area is 438 Å². The van der Waals surface area contributed by atoms with Gasteiger partial charge in [-0.2, -0.15) is 0 Å². The molecule has 12 heteroatoms. The fourth-order valence-corrected chi connectivity index (χ4v) is 9.99. The van der Waals surface area contributed by atoms with Crippen LogP contribution in [0.1, 0.15) is 136 Å². The molecule has 0 saturated carbocycles. The molecule has 0 spiro atoms. The van der Waals surface area contributed by atoms with E-state index in [4.69, 9.17) is 33.2 Å². The zero-order chi connectivity index (χ0) is 51.6. The van der Waals surface area contributed by atoms with Crippen molar-refractivity contribution in [1.82, 2.24) is 4.90 Å². The Bertz CT molecular complexity index is 2340. The van der Waals surface area contributed by atoms with E-state index in [0.29, 0.717) is 12.0 Å². The first-order valence-electron chi connectivity index (χ1n) is 27.1. The predicted molar refractivity (Wildman–Crippen MR) is 284 cm³/mol. The molecule has 2 saturated heterocycles. The Hall–Kier alpha value is -6.05. The van der Waals surface area contributed by atoms with Crippen LogP contribution < -0.4 is 0 Å². The fraction of sp³-hybridized carbons (Fsp3) is 0.468. The second-order valence-corrected chi connectivity index (χ2v) is 19.7. The van der Waals surface area contributed by atoms with Gasteiger partial charge in [-0.25, -0.2) is 14.4 Å². The molecule has 74 heavy (non-hydrogen) atoms. The van der Waals surface area contributed by atoms with E-state index in [2.05, 4.69) is 6.92 Å². The molecule has 12 nitrogen and oxygen atoms in total. The summed E-state index contributed by atoms with van der Waals surface area (Å²) in [6.45, 7) is 2.50. The molecule has 2 aliphatic heterocycles. The molecule has 2 fully saturated rings. The summed E-state index contributed by atoms with van der Waals surface area (Å²) < 4.78 is 44.3. The maximum Gasteiger partial charge on any atom is 0.509 e. The Kier molecular flexibility index (Phi) is 23.3. The van der Waals surface area contributed by atoms with Crippen molar-refractivity contribution < 1.29 is 52.6 Å². The molecular weight excluding hydrogens is 935 g/mol. The number of cyclic esters (lactones) is 2. The summed E-state index contributed by atoms with van der Waals surface area (Å²) in [6, 6.07) is 46.5. The van der Waals surface area contributed by atoms with Crippen molar-refractivity contribution in [1.29, 1.82) is 0 Å². The molecule has 5 aromatic rings. The molecule has 5 aromatic carbocycles. The van der Waals surface area contributed by atoms with E-state index in [1.165, 1.54) is 51.4 Å². The number of ether oxygens (including phenoxy) is 7. The topological polar surface area (TPSA) is 139 Å². The van der Waals surface area contributed by atoms with Gasteiger partial charge in [-0.1, -0.05) is 217 Å². The van der Waals surface area contributed by atoms with Crippen molar-refractivity contribution >= 4 is 18.2 Å². The first-order chi connectivity index (χ1) is 36.4. The largest absolute Gasteiger partial charge is 0.509 e. The van der Waals surface area contributed by atoms with E-state index in [0.717, 1.165) is 47.9 Å². The third-order valence-corrected chi connectivity index (χ3v) is 14.1. The third-order valence-electron chi connectivity index (χ3n) is 14.1.